The first-order valence-corrected chi connectivity index (χ1v) is 8.78. The van der Waals surface area contributed by atoms with Crippen LogP contribution in [0, 0.1) is 5.82 Å². The molecule has 6 nitrogen and oxygen atoms in total. The number of hydrogen-bond donors (Lipinski definition) is 1. The van der Waals surface area contributed by atoms with E-state index in [1.165, 1.54) is 17.0 Å². The molecule has 7 heteroatoms. The third-order valence-corrected chi connectivity index (χ3v) is 4.05. The zero-order valence-corrected chi connectivity index (χ0v) is 15.7. The van der Waals surface area contributed by atoms with Gasteiger partial charge in [-0.3, -0.25) is 4.90 Å². The Balaban J connectivity index is 1.95. The van der Waals surface area contributed by atoms with Crippen LogP contribution in [-0.4, -0.2) is 34.9 Å². The molecule has 0 aliphatic carbocycles. The van der Waals surface area contributed by atoms with Gasteiger partial charge in [-0.1, -0.05) is 12.1 Å². The molecule has 0 bridgehead atoms. The minimum Gasteiger partial charge on any atom is -0.474 e. The number of ether oxygens (including phenoxy) is 2. The maximum absolute atomic E-state index is 13.1. The molecule has 1 amide bonds. The topological polar surface area (TPSA) is 71.9 Å². The minimum atomic E-state index is -0.620. The molecule has 0 fully saturated rings. The fraction of sp³-hybridized carbons (Fsp3) is 0.400. The zero-order chi connectivity index (χ0) is 19.6. The highest BCUT2D eigenvalue weighted by molar-refractivity contribution is 5.90. The average molecular weight is 374 g/mol. The number of aromatic nitrogens is 1. The lowest BCUT2D eigenvalue weighted by molar-refractivity contribution is 0.0566. The fourth-order valence-electron chi connectivity index (χ4n) is 2.83. The SMILES string of the molecule is CC(C)(C)OC(=O)N1CCOc2nc(CO)c(Cc3ccc(F)cc3)cc21. The number of pyridine rings is 1. The number of benzene rings is 1. The molecule has 144 valence electrons. The Morgan fingerprint density at radius 3 is 2.67 bits per heavy atom. The third kappa shape index (κ3) is 4.54. The van der Waals surface area contributed by atoms with Crippen molar-refractivity contribution in [1.29, 1.82) is 0 Å². The van der Waals surface area contributed by atoms with E-state index in [0.717, 1.165) is 11.1 Å². The second kappa shape index (κ2) is 7.52. The molecule has 27 heavy (non-hydrogen) atoms. The molecular formula is C20H23FN2O4. The first kappa shape index (κ1) is 19.1. The molecule has 0 saturated heterocycles. The van der Waals surface area contributed by atoms with Crippen LogP contribution in [0.1, 0.15) is 37.6 Å². The molecule has 2 aromatic rings. The number of fused-ring (bicyclic) bond motifs is 1. The number of carbonyl (C=O) groups is 1. The highest BCUT2D eigenvalue weighted by Gasteiger charge is 2.30. The van der Waals surface area contributed by atoms with Gasteiger partial charge in [-0.05, 0) is 56.5 Å². The van der Waals surface area contributed by atoms with Crippen LogP contribution in [0.3, 0.4) is 0 Å². The molecular weight excluding hydrogens is 351 g/mol. The van der Waals surface area contributed by atoms with Crippen LogP contribution in [0.25, 0.3) is 0 Å². The quantitative estimate of drug-likeness (QED) is 0.891. The van der Waals surface area contributed by atoms with Crippen LogP contribution in [0.5, 0.6) is 5.88 Å². The Morgan fingerprint density at radius 1 is 1.33 bits per heavy atom. The summed E-state index contributed by atoms with van der Waals surface area (Å²) in [6.45, 7) is 5.79. The smallest absolute Gasteiger partial charge is 0.415 e. The molecule has 1 N–H and O–H groups in total. The van der Waals surface area contributed by atoms with Gasteiger partial charge in [-0.15, -0.1) is 0 Å². The van der Waals surface area contributed by atoms with Gasteiger partial charge in [0.2, 0.25) is 5.88 Å². The molecule has 3 rings (SSSR count). The van der Waals surface area contributed by atoms with Gasteiger partial charge in [-0.25, -0.2) is 14.2 Å². The van der Waals surface area contributed by atoms with Crippen molar-refractivity contribution in [2.75, 3.05) is 18.1 Å². The number of aliphatic hydroxyl groups is 1. The number of anilines is 1. The van der Waals surface area contributed by atoms with Crippen molar-refractivity contribution in [3.8, 4) is 5.88 Å². The molecule has 0 radical (unpaired) electrons. The lowest BCUT2D eigenvalue weighted by Crippen LogP contribution is -2.41. The molecule has 1 aromatic heterocycles. The summed E-state index contributed by atoms with van der Waals surface area (Å²) < 4.78 is 24.2. The van der Waals surface area contributed by atoms with E-state index in [0.29, 0.717) is 36.8 Å². The summed E-state index contributed by atoms with van der Waals surface area (Å²) in [5, 5.41) is 9.69. The molecule has 1 aromatic carbocycles. The van der Waals surface area contributed by atoms with Crippen molar-refractivity contribution in [3.63, 3.8) is 0 Å². The van der Waals surface area contributed by atoms with Gasteiger partial charge >= 0.3 is 6.09 Å². The van der Waals surface area contributed by atoms with Gasteiger partial charge in [0.15, 0.2) is 0 Å². The maximum atomic E-state index is 13.1. The van der Waals surface area contributed by atoms with E-state index in [2.05, 4.69) is 4.98 Å². The Kier molecular flexibility index (Phi) is 5.32. The number of amides is 1. The lowest BCUT2D eigenvalue weighted by Gasteiger charge is -2.31. The molecule has 2 heterocycles. The van der Waals surface area contributed by atoms with E-state index in [1.807, 2.05) is 0 Å². The summed E-state index contributed by atoms with van der Waals surface area (Å²) in [4.78, 5) is 18.4. The number of aliphatic hydroxyl groups excluding tert-OH is 1. The molecule has 0 spiro atoms. The zero-order valence-electron chi connectivity index (χ0n) is 15.7. The highest BCUT2D eigenvalue weighted by atomic mass is 19.1. The number of carbonyl (C=O) groups excluding carboxylic acids is 1. The Morgan fingerprint density at radius 2 is 2.04 bits per heavy atom. The van der Waals surface area contributed by atoms with Crippen LogP contribution in [0.4, 0.5) is 14.9 Å². The predicted molar refractivity (Wildman–Crippen MR) is 98.4 cm³/mol. The largest absolute Gasteiger partial charge is 0.474 e. The summed E-state index contributed by atoms with van der Waals surface area (Å²) in [7, 11) is 0. The standard InChI is InChI=1S/C20H23FN2O4/c1-20(2,3)27-19(25)23-8-9-26-18-17(23)11-14(16(12-24)22-18)10-13-4-6-15(21)7-5-13/h4-7,11,24H,8-10,12H2,1-3H3. The maximum Gasteiger partial charge on any atom is 0.415 e. The second-order valence-corrected chi connectivity index (χ2v) is 7.36. The molecule has 0 unspecified atom stereocenters. The Hall–Kier alpha value is -2.67. The first-order chi connectivity index (χ1) is 12.8. The van der Waals surface area contributed by atoms with E-state index in [-0.39, 0.29) is 12.4 Å². The summed E-state index contributed by atoms with van der Waals surface area (Å²) in [5.74, 6) is -0.0202. The Labute approximate surface area is 157 Å². The monoisotopic (exact) mass is 374 g/mol. The molecule has 1 aliphatic heterocycles. The van der Waals surface area contributed by atoms with Crippen molar-refractivity contribution < 1.29 is 23.8 Å². The first-order valence-electron chi connectivity index (χ1n) is 8.78. The van der Waals surface area contributed by atoms with E-state index in [9.17, 15) is 14.3 Å². The van der Waals surface area contributed by atoms with E-state index < -0.39 is 11.7 Å². The number of halogens is 1. The van der Waals surface area contributed by atoms with Gasteiger partial charge in [-0.2, -0.15) is 0 Å². The van der Waals surface area contributed by atoms with Crippen molar-refractivity contribution in [2.24, 2.45) is 0 Å². The van der Waals surface area contributed by atoms with Gasteiger partial charge in [0.25, 0.3) is 0 Å². The van der Waals surface area contributed by atoms with Crippen LogP contribution >= 0.6 is 0 Å². The van der Waals surface area contributed by atoms with Crippen molar-refractivity contribution >= 4 is 11.8 Å². The van der Waals surface area contributed by atoms with Gasteiger partial charge < -0.3 is 14.6 Å². The fourth-order valence-corrected chi connectivity index (χ4v) is 2.83. The Bertz CT molecular complexity index is 831. The van der Waals surface area contributed by atoms with Crippen LogP contribution in [0.15, 0.2) is 30.3 Å². The predicted octanol–water partition coefficient (Wildman–Crippen LogP) is 3.44. The van der Waals surface area contributed by atoms with Crippen LogP contribution in [-0.2, 0) is 17.8 Å². The van der Waals surface area contributed by atoms with E-state index in [4.69, 9.17) is 9.47 Å². The van der Waals surface area contributed by atoms with Crippen molar-refractivity contribution in [1.82, 2.24) is 4.98 Å². The summed E-state index contributed by atoms with van der Waals surface area (Å²) in [5.41, 5.74) is 1.95. The third-order valence-electron chi connectivity index (χ3n) is 4.05. The van der Waals surface area contributed by atoms with Gasteiger partial charge in [0, 0.05) is 0 Å². The normalized spacial score (nSPS) is 13.7. The molecule has 0 atom stereocenters. The van der Waals surface area contributed by atoms with E-state index >= 15 is 0 Å². The summed E-state index contributed by atoms with van der Waals surface area (Å²) in [6, 6.07) is 7.91. The van der Waals surface area contributed by atoms with Crippen molar-refractivity contribution in [3.05, 3.63) is 53.0 Å². The summed E-state index contributed by atoms with van der Waals surface area (Å²) >= 11 is 0. The summed E-state index contributed by atoms with van der Waals surface area (Å²) in [6.07, 6.45) is -0.0307. The molecule has 0 saturated carbocycles. The highest BCUT2D eigenvalue weighted by Crippen LogP contribution is 2.33. The minimum absolute atomic E-state index is 0.264. The number of rotatable bonds is 3. The van der Waals surface area contributed by atoms with Crippen LogP contribution in [0.2, 0.25) is 0 Å². The second-order valence-electron chi connectivity index (χ2n) is 7.36. The van der Waals surface area contributed by atoms with E-state index in [1.54, 1.807) is 39.0 Å². The van der Waals surface area contributed by atoms with Crippen LogP contribution < -0.4 is 9.64 Å². The number of hydrogen-bond acceptors (Lipinski definition) is 5. The lowest BCUT2D eigenvalue weighted by atomic mass is 10.0. The van der Waals surface area contributed by atoms with Gasteiger partial charge in [0.05, 0.1) is 18.8 Å². The molecule has 1 aliphatic rings. The van der Waals surface area contributed by atoms with Gasteiger partial charge in [0.1, 0.15) is 23.7 Å². The number of nitrogens with zero attached hydrogens (tertiary/aromatic N) is 2. The van der Waals surface area contributed by atoms with Crippen molar-refractivity contribution in [2.45, 2.75) is 39.4 Å². The average Bonchev–Trinajstić information content (AvgIpc) is 2.61.